The Morgan fingerprint density at radius 2 is 1.84 bits per heavy atom. The zero-order valence-corrected chi connectivity index (χ0v) is 9.83. The molecule has 0 saturated carbocycles. The van der Waals surface area contributed by atoms with Gasteiger partial charge in [0.1, 0.15) is 17.3 Å². The van der Waals surface area contributed by atoms with E-state index in [0.717, 1.165) is 12.1 Å². The zero-order valence-electron chi connectivity index (χ0n) is 9.83. The molecule has 100 valence electrons. The van der Waals surface area contributed by atoms with Crippen molar-refractivity contribution in [2.24, 2.45) is 0 Å². The molecule has 2 rings (SSSR count). The quantitative estimate of drug-likeness (QED) is 0.767. The molecule has 0 aliphatic heterocycles. The van der Waals surface area contributed by atoms with E-state index in [9.17, 15) is 17.6 Å². The Kier molecular flexibility index (Phi) is 3.42. The third-order valence-corrected chi connectivity index (χ3v) is 2.33. The van der Waals surface area contributed by atoms with Crippen LogP contribution in [-0.4, -0.2) is 11.3 Å². The first-order valence-corrected chi connectivity index (χ1v) is 5.34. The van der Waals surface area contributed by atoms with Crippen LogP contribution in [0, 0.1) is 12.7 Å². The van der Waals surface area contributed by atoms with Crippen molar-refractivity contribution in [1.29, 1.82) is 0 Å². The second-order valence-corrected chi connectivity index (χ2v) is 3.86. The lowest BCUT2D eigenvalue weighted by atomic mass is 10.1. The third kappa shape index (κ3) is 3.43. The van der Waals surface area contributed by atoms with Crippen LogP contribution in [-0.2, 0) is 0 Å². The number of aryl methyl sites for hydroxylation is 1. The first-order valence-electron chi connectivity index (χ1n) is 5.34. The van der Waals surface area contributed by atoms with Crippen LogP contribution >= 0.6 is 0 Å². The summed E-state index contributed by atoms with van der Waals surface area (Å²) in [7, 11) is 0. The van der Waals surface area contributed by atoms with Crippen molar-refractivity contribution in [3.8, 4) is 17.0 Å². The summed E-state index contributed by atoms with van der Waals surface area (Å²) in [6, 6.07) is 7.75. The van der Waals surface area contributed by atoms with Crippen molar-refractivity contribution >= 4 is 0 Å². The van der Waals surface area contributed by atoms with Crippen molar-refractivity contribution < 1.29 is 22.3 Å². The Labute approximate surface area is 106 Å². The Bertz CT molecular complexity index is 595. The number of hydrogen-bond donors (Lipinski definition) is 0. The van der Waals surface area contributed by atoms with Crippen LogP contribution in [0.5, 0.6) is 5.75 Å². The fraction of sp³-hybridized carbons (Fsp3) is 0.154. The van der Waals surface area contributed by atoms with Crippen molar-refractivity contribution in [2.45, 2.75) is 13.3 Å². The van der Waals surface area contributed by atoms with Gasteiger partial charge in [-0.3, -0.25) is 4.98 Å². The second kappa shape index (κ2) is 4.87. The lowest BCUT2D eigenvalue weighted by Crippen LogP contribution is -2.17. The van der Waals surface area contributed by atoms with Gasteiger partial charge in [0.05, 0.1) is 0 Å². The van der Waals surface area contributed by atoms with Gasteiger partial charge in [-0.2, -0.15) is 0 Å². The minimum atomic E-state index is -4.78. The lowest BCUT2D eigenvalue weighted by molar-refractivity contribution is -0.274. The molecule has 0 aliphatic carbocycles. The highest BCUT2D eigenvalue weighted by Crippen LogP contribution is 2.28. The number of alkyl halides is 3. The van der Waals surface area contributed by atoms with Crippen LogP contribution in [0.1, 0.15) is 5.69 Å². The fourth-order valence-corrected chi connectivity index (χ4v) is 1.58. The highest BCUT2D eigenvalue weighted by molar-refractivity contribution is 5.61. The first kappa shape index (κ1) is 13.3. The number of nitrogens with zero attached hydrogens (tertiary/aromatic N) is 1. The molecule has 1 aromatic carbocycles. The Balaban J connectivity index is 2.40. The predicted octanol–water partition coefficient (Wildman–Crippen LogP) is 4.09. The van der Waals surface area contributed by atoms with Gasteiger partial charge in [-0.15, -0.1) is 13.2 Å². The average Bonchev–Trinajstić information content (AvgIpc) is 2.30. The molecule has 0 aliphatic rings. The standard InChI is InChI=1S/C13H9F4NO/c1-8-5-6-11(14)12(18-8)9-3-2-4-10(7-9)19-13(15,16)17/h2-7H,1H3. The van der Waals surface area contributed by atoms with Crippen molar-refractivity contribution in [3.05, 3.63) is 47.9 Å². The smallest absolute Gasteiger partial charge is 0.406 e. The average molecular weight is 271 g/mol. The number of ether oxygens (including phenoxy) is 1. The Morgan fingerprint density at radius 3 is 2.53 bits per heavy atom. The highest BCUT2D eigenvalue weighted by Gasteiger charge is 2.31. The molecule has 0 unspecified atom stereocenters. The summed E-state index contributed by atoms with van der Waals surface area (Å²) in [5, 5.41) is 0. The topological polar surface area (TPSA) is 22.1 Å². The number of aromatic nitrogens is 1. The lowest BCUT2D eigenvalue weighted by Gasteiger charge is -2.10. The normalized spacial score (nSPS) is 11.4. The van der Waals surface area contributed by atoms with Gasteiger partial charge in [0.15, 0.2) is 0 Å². The van der Waals surface area contributed by atoms with E-state index in [1.807, 2.05) is 0 Å². The molecule has 19 heavy (non-hydrogen) atoms. The Morgan fingerprint density at radius 1 is 1.11 bits per heavy atom. The zero-order chi connectivity index (χ0) is 14.0. The van der Waals surface area contributed by atoms with E-state index in [4.69, 9.17) is 0 Å². The fourth-order valence-electron chi connectivity index (χ4n) is 1.58. The highest BCUT2D eigenvalue weighted by atomic mass is 19.4. The van der Waals surface area contributed by atoms with E-state index >= 15 is 0 Å². The number of pyridine rings is 1. The van der Waals surface area contributed by atoms with Crippen LogP contribution < -0.4 is 4.74 Å². The van der Waals surface area contributed by atoms with Gasteiger partial charge in [0.2, 0.25) is 0 Å². The molecule has 2 aromatic rings. The molecule has 0 N–H and O–H groups in total. The maximum absolute atomic E-state index is 13.6. The maximum atomic E-state index is 13.6. The summed E-state index contributed by atoms with van der Waals surface area (Å²) >= 11 is 0. The molecule has 1 aromatic heterocycles. The molecular formula is C13H9F4NO. The van der Waals surface area contributed by atoms with E-state index in [1.165, 1.54) is 24.3 Å². The summed E-state index contributed by atoms with van der Waals surface area (Å²) in [4.78, 5) is 3.97. The van der Waals surface area contributed by atoms with Gasteiger partial charge in [-0.1, -0.05) is 12.1 Å². The van der Waals surface area contributed by atoms with Gasteiger partial charge in [0.25, 0.3) is 0 Å². The maximum Gasteiger partial charge on any atom is 0.573 e. The molecular weight excluding hydrogens is 262 g/mol. The number of hydrogen-bond acceptors (Lipinski definition) is 2. The van der Waals surface area contributed by atoms with E-state index < -0.39 is 17.9 Å². The molecule has 0 spiro atoms. The summed E-state index contributed by atoms with van der Waals surface area (Å²) in [6.07, 6.45) is -4.78. The van der Waals surface area contributed by atoms with Crippen LogP contribution in [0.3, 0.4) is 0 Å². The van der Waals surface area contributed by atoms with Gasteiger partial charge in [-0.05, 0) is 31.2 Å². The molecule has 0 amide bonds. The number of benzene rings is 1. The molecule has 0 radical (unpaired) electrons. The van der Waals surface area contributed by atoms with E-state index in [-0.39, 0.29) is 11.3 Å². The molecule has 0 fully saturated rings. The summed E-state index contributed by atoms with van der Waals surface area (Å²) in [5.74, 6) is -1.01. The second-order valence-electron chi connectivity index (χ2n) is 3.86. The molecule has 0 saturated heterocycles. The molecule has 1 heterocycles. The van der Waals surface area contributed by atoms with Gasteiger partial charge >= 0.3 is 6.36 Å². The number of rotatable bonds is 2. The molecule has 6 heteroatoms. The van der Waals surface area contributed by atoms with Crippen molar-refractivity contribution in [3.63, 3.8) is 0 Å². The van der Waals surface area contributed by atoms with Gasteiger partial charge in [0, 0.05) is 11.3 Å². The van der Waals surface area contributed by atoms with E-state index in [0.29, 0.717) is 5.69 Å². The molecule has 0 bridgehead atoms. The summed E-state index contributed by atoms with van der Waals surface area (Å²) < 4.78 is 53.7. The van der Waals surface area contributed by atoms with Crippen LogP contribution in [0.15, 0.2) is 36.4 Å². The predicted molar refractivity (Wildman–Crippen MR) is 61.1 cm³/mol. The van der Waals surface area contributed by atoms with Crippen molar-refractivity contribution in [2.75, 3.05) is 0 Å². The van der Waals surface area contributed by atoms with Gasteiger partial charge < -0.3 is 4.74 Å². The van der Waals surface area contributed by atoms with Crippen molar-refractivity contribution in [1.82, 2.24) is 4.98 Å². The minimum Gasteiger partial charge on any atom is -0.406 e. The Hall–Kier alpha value is -2.11. The summed E-state index contributed by atoms with van der Waals surface area (Å²) in [5.41, 5.74) is 0.786. The third-order valence-electron chi connectivity index (χ3n) is 2.33. The van der Waals surface area contributed by atoms with Crippen LogP contribution in [0.25, 0.3) is 11.3 Å². The van der Waals surface area contributed by atoms with Crippen LogP contribution in [0.4, 0.5) is 17.6 Å². The minimum absolute atomic E-state index is 0.00683. The van der Waals surface area contributed by atoms with Gasteiger partial charge in [-0.25, -0.2) is 4.39 Å². The SMILES string of the molecule is Cc1ccc(F)c(-c2cccc(OC(F)(F)F)c2)n1. The monoisotopic (exact) mass is 271 g/mol. The summed E-state index contributed by atoms with van der Waals surface area (Å²) in [6.45, 7) is 1.67. The van der Waals surface area contributed by atoms with E-state index in [2.05, 4.69) is 9.72 Å². The van der Waals surface area contributed by atoms with E-state index in [1.54, 1.807) is 6.92 Å². The number of halogens is 4. The largest absolute Gasteiger partial charge is 0.573 e. The first-order chi connectivity index (χ1) is 8.85. The van der Waals surface area contributed by atoms with Crippen LogP contribution in [0.2, 0.25) is 0 Å². The molecule has 0 atom stereocenters. The molecule has 2 nitrogen and oxygen atoms in total.